The molecule has 4 nitrogen and oxygen atoms in total. The first-order chi connectivity index (χ1) is 12.9. The van der Waals surface area contributed by atoms with Crippen LogP contribution in [0.25, 0.3) is 0 Å². The number of hydrogen-bond donors (Lipinski definition) is 2. The van der Waals surface area contributed by atoms with Crippen molar-refractivity contribution in [3.63, 3.8) is 0 Å². The van der Waals surface area contributed by atoms with E-state index >= 15 is 0 Å². The third-order valence-corrected chi connectivity index (χ3v) is 4.98. The Hall–Kier alpha value is -2.08. The van der Waals surface area contributed by atoms with Crippen molar-refractivity contribution in [2.45, 2.75) is 26.9 Å². The Morgan fingerprint density at radius 1 is 0.963 bits per heavy atom. The van der Waals surface area contributed by atoms with E-state index in [0.29, 0.717) is 18.2 Å². The molecule has 0 radical (unpaired) electrons. The molecule has 0 aliphatic rings. The molecule has 2 aromatic carbocycles. The van der Waals surface area contributed by atoms with Gasteiger partial charge in [-0.2, -0.15) is 5.10 Å². The maximum Gasteiger partial charge on any atom is 0.171 e. The number of aryl methyl sites for hydroxylation is 1. The molecule has 0 unspecified atom stereocenters. The van der Waals surface area contributed by atoms with Crippen molar-refractivity contribution in [2.75, 3.05) is 5.32 Å². The number of anilines is 1. The van der Waals surface area contributed by atoms with Crippen LogP contribution < -0.4 is 10.6 Å². The number of halogens is 2. The monoisotopic (exact) mass is 418 g/mol. The standard InChI is InChI=1S/C20H20Cl2N4S/c1-13-19(24-20(27)23-11-15-3-7-17(21)8-4-15)14(2)26(25-13)12-16-5-9-18(22)10-6-16/h3-10H,11-12H2,1-2H3,(H2,23,24,27). The van der Waals surface area contributed by atoms with Gasteiger partial charge in [0.2, 0.25) is 0 Å². The lowest BCUT2D eigenvalue weighted by Crippen LogP contribution is -2.28. The lowest BCUT2D eigenvalue weighted by Gasteiger charge is -2.11. The summed E-state index contributed by atoms with van der Waals surface area (Å²) in [4.78, 5) is 0. The summed E-state index contributed by atoms with van der Waals surface area (Å²) in [6.07, 6.45) is 0. The SMILES string of the molecule is Cc1nn(Cc2ccc(Cl)cc2)c(C)c1NC(=S)NCc1ccc(Cl)cc1. The molecule has 0 aliphatic heterocycles. The molecule has 0 amide bonds. The van der Waals surface area contributed by atoms with E-state index in [9.17, 15) is 0 Å². The summed E-state index contributed by atoms with van der Waals surface area (Å²) in [5.74, 6) is 0. The summed E-state index contributed by atoms with van der Waals surface area (Å²) in [7, 11) is 0. The van der Waals surface area contributed by atoms with Gasteiger partial charge in [0.1, 0.15) is 0 Å². The molecule has 1 aromatic heterocycles. The van der Waals surface area contributed by atoms with Crippen LogP contribution in [0.1, 0.15) is 22.5 Å². The van der Waals surface area contributed by atoms with Gasteiger partial charge in [-0.05, 0) is 61.5 Å². The van der Waals surface area contributed by atoms with Crippen LogP contribution >= 0.6 is 35.4 Å². The van der Waals surface area contributed by atoms with Gasteiger partial charge in [0.25, 0.3) is 0 Å². The minimum atomic E-state index is 0.558. The van der Waals surface area contributed by atoms with Crippen molar-refractivity contribution in [1.82, 2.24) is 15.1 Å². The molecule has 0 aliphatic carbocycles. The van der Waals surface area contributed by atoms with E-state index < -0.39 is 0 Å². The summed E-state index contributed by atoms with van der Waals surface area (Å²) in [5.41, 5.74) is 5.10. The molecule has 0 spiro atoms. The Morgan fingerprint density at radius 2 is 1.52 bits per heavy atom. The highest BCUT2D eigenvalue weighted by atomic mass is 35.5. The predicted molar refractivity (Wildman–Crippen MR) is 117 cm³/mol. The molecule has 0 saturated carbocycles. The van der Waals surface area contributed by atoms with Crippen LogP contribution in [0.2, 0.25) is 10.0 Å². The molecule has 140 valence electrons. The van der Waals surface area contributed by atoms with Gasteiger partial charge in [0.15, 0.2) is 5.11 Å². The molecular weight excluding hydrogens is 399 g/mol. The molecule has 3 rings (SSSR count). The first-order valence-corrected chi connectivity index (χ1v) is 9.66. The molecule has 2 N–H and O–H groups in total. The summed E-state index contributed by atoms with van der Waals surface area (Å²) in [5, 5.41) is 13.1. The highest BCUT2D eigenvalue weighted by Crippen LogP contribution is 2.21. The molecule has 0 bridgehead atoms. The van der Waals surface area contributed by atoms with E-state index in [4.69, 9.17) is 35.4 Å². The van der Waals surface area contributed by atoms with Crippen LogP contribution in [0.4, 0.5) is 5.69 Å². The van der Waals surface area contributed by atoms with E-state index in [-0.39, 0.29) is 0 Å². The Balaban J connectivity index is 1.64. The van der Waals surface area contributed by atoms with Gasteiger partial charge in [-0.1, -0.05) is 47.5 Å². The quantitative estimate of drug-likeness (QED) is 0.548. The topological polar surface area (TPSA) is 41.9 Å². The fourth-order valence-corrected chi connectivity index (χ4v) is 3.16. The Kier molecular flexibility index (Phi) is 6.37. The normalized spacial score (nSPS) is 10.7. The van der Waals surface area contributed by atoms with Crippen molar-refractivity contribution < 1.29 is 0 Å². The highest BCUT2D eigenvalue weighted by molar-refractivity contribution is 7.80. The van der Waals surface area contributed by atoms with Crippen molar-refractivity contribution in [3.8, 4) is 0 Å². The fraction of sp³-hybridized carbons (Fsp3) is 0.200. The van der Waals surface area contributed by atoms with Gasteiger partial charge in [0.05, 0.1) is 23.6 Å². The average Bonchev–Trinajstić information content (AvgIpc) is 2.90. The van der Waals surface area contributed by atoms with Crippen molar-refractivity contribution in [2.24, 2.45) is 0 Å². The summed E-state index contributed by atoms with van der Waals surface area (Å²) < 4.78 is 1.96. The molecule has 1 heterocycles. The number of thiocarbonyl (C=S) groups is 1. The van der Waals surface area contributed by atoms with Gasteiger partial charge in [0, 0.05) is 16.6 Å². The number of hydrogen-bond acceptors (Lipinski definition) is 2. The maximum absolute atomic E-state index is 5.95. The van der Waals surface area contributed by atoms with Gasteiger partial charge < -0.3 is 10.6 Å². The third kappa shape index (κ3) is 5.22. The molecule has 0 saturated heterocycles. The van der Waals surface area contributed by atoms with Gasteiger partial charge in [-0.25, -0.2) is 0 Å². The predicted octanol–water partition coefficient (Wildman–Crippen LogP) is 5.34. The van der Waals surface area contributed by atoms with E-state index in [1.807, 2.05) is 67.1 Å². The second-order valence-corrected chi connectivity index (χ2v) is 7.55. The van der Waals surface area contributed by atoms with Crippen LogP contribution in [0.15, 0.2) is 48.5 Å². The van der Waals surface area contributed by atoms with Crippen LogP contribution in [0, 0.1) is 13.8 Å². The van der Waals surface area contributed by atoms with Crippen LogP contribution in [0.3, 0.4) is 0 Å². The lowest BCUT2D eigenvalue weighted by atomic mass is 10.2. The summed E-state index contributed by atoms with van der Waals surface area (Å²) in [6.45, 7) is 5.30. The lowest BCUT2D eigenvalue weighted by molar-refractivity contribution is 0.659. The third-order valence-electron chi connectivity index (χ3n) is 4.23. The minimum Gasteiger partial charge on any atom is -0.358 e. The van der Waals surface area contributed by atoms with E-state index in [0.717, 1.165) is 38.2 Å². The largest absolute Gasteiger partial charge is 0.358 e. The molecule has 0 atom stereocenters. The fourth-order valence-electron chi connectivity index (χ4n) is 2.74. The van der Waals surface area contributed by atoms with Crippen LogP contribution in [-0.2, 0) is 13.1 Å². The zero-order valence-electron chi connectivity index (χ0n) is 15.1. The zero-order valence-corrected chi connectivity index (χ0v) is 17.4. The summed E-state index contributed by atoms with van der Waals surface area (Å²) >= 11 is 17.3. The Bertz CT molecular complexity index is 934. The Labute approximate surface area is 174 Å². The van der Waals surface area contributed by atoms with E-state index in [1.165, 1.54) is 0 Å². The van der Waals surface area contributed by atoms with Crippen molar-refractivity contribution in [1.29, 1.82) is 0 Å². The van der Waals surface area contributed by atoms with Gasteiger partial charge >= 0.3 is 0 Å². The number of aromatic nitrogens is 2. The number of nitrogens with zero attached hydrogens (tertiary/aromatic N) is 2. The number of benzene rings is 2. The van der Waals surface area contributed by atoms with Gasteiger partial charge in [-0.15, -0.1) is 0 Å². The summed E-state index contributed by atoms with van der Waals surface area (Å²) in [6, 6.07) is 15.5. The average molecular weight is 419 g/mol. The first-order valence-electron chi connectivity index (χ1n) is 8.50. The zero-order chi connectivity index (χ0) is 19.4. The molecular formula is C20H20Cl2N4S. The van der Waals surface area contributed by atoms with Crippen LogP contribution in [0.5, 0.6) is 0 Å². The number of nitrogens with one attached hydrogen (secondary N) is 2. The minimum absolute atomic E-state index is 0.558. The Morgan fingerprint density at radius 3 is 2.11 bits per heavy atom. The molecule has 7 heteroatoms. The molecule has 27 heavy (non-hydrogen) atoms. The molecule has 0 fully saturated rings. The van der Waals surface area contributed by atoms with Crippen molar-refractivity contribution >= 4 is 46.2 Å². The van der Waals surface area contributed by atoms with Gasteiger partial charge in [-0.3, -0.25) is 4.68 Å². The smallest absolute Gasteiger partial charge is 0.171 e. The van der Waals surface area contributed by atoms with E-state index in [2.05, 4.69) is 15.7 Å². The van der Waals surface area contributed by atoms with E-state index in [1.54, 1.807) is 0 Å². The van der Waals surface area contributed by atoms with Crippen molar-refractivity contribution in [3.05, 3.63) is 81.1 Å². The van der Waals surface area contributed by atoms with Crippen LogP contribution in [-0.4, -0.2) is 14.9 Å². The molecule has 3 aromatic rings. The highest BCUT2D eigenvalue weighted by Gasteiger charge is 2.13. The maximum atomic E-state index is 5.95. The second kappa shape index (κ2) is 8.74. The first kappa shape index (κ1) is 19.7. The second-order valence-electron chi connectivity index (χ2n) is 6.26. The number of rotatable bonds is 5.